The molecule has 5 heteroatoms. The third-order valence-corrected chi connectivity index (χ3v) is 5.04. The Morgan fingerprint density at radius 2 is 2.08 bits per heavy atom. The number of anilines is 1. The molecule has 136 valence electrons. The lowest BCUT2D eigenvalue weighted by Gasteiger charge is -2.23. The van der Waals surface area contributed by atoms with Crippen LogP contribution in [0.4, 0.5) is 5.69 Å². The highest BCUT2D eigenvalue weighted by atomic mass is 35.5. The van der Waals surface area contributed by atoms with Gasteiger partial charge in [-0.1, -0.05) is 29.3 Å². The predicted octanol–water partition coefficient (Wildman–Crippen LogP) is 4.40. The standard InChI is InChI=1S/C20H27ClN2O2/c1-15-18(21)9-6-10-19(15)23(16(2)24)14-12-20(25)22-13-11-17-7-4-3-5-8-17/h6-7,9-10H,3-5,8,11-14H2,1-2H3,(H,22,25). The zero-order chi connectivity index (χ0) is 18.2. The minimum atomic E-state index is -0.0921. The van der Waals surface area contributed by atoms with Crippen molar-refractivity contribution in [2.75, 3.05) is 18.0 Å². The van der Waals surface area contributed by atoms with Gasteiger partial charge in [-0.25, -0.2) is 0 Å². The Morgan fingerprint density at radius 1 is 1.28 bits per heavy atom. The van der Waals surface area contributed by atoms with E-state index in [-0.39, 0.29) is 18.2 Å². The number of allylic oxidation sites excluding steroid dienone is 1. The molecule has 0 atom stereocenters. The molecule has 0 saturated carbocycles. The van der Waals surface area contributed by atoms with Gasteiger partial charge in [0.2, 0.25) is 11.8 Å². The molecule has 1 aliphatic rings. The summed E-state index contributed by atoms with van der Waals surface area (Å²) in [5.41, 5.74) is 3.07. The number of hydrogen-bond acceptors (Lipinski definition) is 2. The summed E-state index contributed by atoms with van der Waals surface area (Å²) in [6, 6.07) is 5.47. The molecule has 2 rings (SSSR count). The molecule has 0 radical (unpaired) electrons. The first kappa shape index (κ1) is 19.5. The van der Waals surface area contributed by atoms with E-state index in [1.807, 2.05) is 19.1 Å². The van der Waals surface area contributed by atoms with Gasteiger partial charge in [0.1, 0.15) is 0 Å². The molecule has 1 aliphatic carbocycles. The maximum Gasteiger partial charge on any atom is 0.223 e. The smallest absolute Gasteiger partial charge is 0.223 e. The summed E-state index contributed by atoms with van der Waals surface area (Å²) in [5.74, 6) is -0.118. The van der Waals surface area contributed by atoms with Crippen LogP contribution in [-0.4, -0.2) is 24.9 Å². The molecule has 1 aromatic carbocycles. The molecule has 25 heavy (non-hydrogen) atoms. The third kappa shape index (κ3) is 5.89. The van der Waals surface area contributed by atoms with Crippen molar-refractivity contribution in [3.8, 4) is 0 Å². The Kier molecular flexibility index (Phi) is 7.51. The van der Waals surface area contributed by atoms with Crippen LogP contribution in [0, 0.1) is 6.92 Å². The van der Waals surface area contributed by atoms with E-state index < -0.39 is 0 Å². The van der Waals surface area contributed by atoms with E-state index in [4.69, 9.17) is 11.6 Å². The van der Waals surface area contributed by atoms with E-state index in [0.717, 1.165) is 30.5 Å². The predicted molar refractivity (Wildman–Crippen MR) is 103 cm³/mol. The van der Waals surface area contributed by atoms with Crippen molar-refractivity contribution in [2.45, 2.75) is 52.4 Å². The van der Waals surface area contributed by atoms with Crippen molar-refractivity contribution in [1.82, 2.24) is 5.32 Å². The highest BCUT2D eigenvalue weighted by molar-refractivity contribution is 6.31. The fourth-order valence-electron chi connectivity index (χ4n) is 3.13. The van der Waals surface area contributed by atoms with Gasteiger partial charge in [-0.2, -0.15) is 0 Å². The molecule has 0 bridgehead atoms. The molecule has 0 heterocycles. The molecule has 0 fully saturated rings. The maximum atomic E-state index is 12.1. The second kappa shape index (κ2) is 9.62. The van der Waals surface area contributed by atoms with Crippen LogP contribution < -0.4 is 10.2 Å². The lowest BCUT2D eigenvalue weighted by Crippen LogP contribution is -2.34. The summed E-state index contributed by atoms with van der Waals surface area (Å²) in [6.45, 7) is 4.41. The number of hydrogen-bond donors (Lipinski definition) is 1. The van der Waals surface area contributed by atoms with Crippen LogP contribution in [0.5, 0.6) is 0 Å². The Morgan fingerprint density at radius 3 is 2.76 bits per heavy atom. The molecule has 0 unspecified atom stereocenters. The zero-order valence-corrected chi connectivity index (χ0v) is 15.9. The molecule has 2 amide bonds. The molecule has 0 saturated heterocycles. The van der Waals surface area contributed by atoms with Crippen molar-refractivity contribution in [3.05, 3.63) is 40.4 Å². The molecule has 4 nitrogen and oxygen atoms in total. The van der Waals surface area contributed by atoms with Crippen LogP contribution in [-0.2, 0) is 9.59 Å². The van der Waals surface area contributed by atoms with E-state index in [0.29, 0.717) is 18.1 Å². The Balaban J connectivity index is 1.84. The maximum absolute atomic E-state index is 12.1. The van der Waals surface area contributed by atoms with Gasteiger partial charge in [0.25, 0.3) is 0 Å². The van der Waals surface area contributed by atoms with Gasteiger partial charge < -0.3 is 10.2 Å². The lowest BCUT2D eigenvalue weighted by atomic mass is 9.97. The number of nitrogens with one attached hydrogen (secondary N) is 1. The number of rotatable bonds is 7. The Bertz CT molecular complexity index is 655. The number of carbonyl (C=O) groups excluding carboxylic acids is 2. The summed E-state index contributed by atoms with van der Waals surface area (Å²) in [5, 5.41) is 3.58. The number of amides is 2. The normalized spacial score (nSPS) is 14.0. The van der Waals surface area contributed by atoms with E-state index in [1.165, 1.54) is 25.3 Å². The summed E-state index contributed by atoms with van der Waals surface area (Å²) in [4.78, 5) is 25.7. The topological polar surface area (TPSA) is 49.4 Å². The minimum Gasteiger partial charge on any atom is -0.356 e. The SMILES string of the molecule is CC(=O)N(CCC(=O)NCCC1=CCCCC1)c1cccc(Cl)c1C. The van der Waals surface area contributed by atoms with Gasteiger partial charge in [0.05, 0.1) is 0 Å². The number of halogens is 1. The van der Waals surface area contributed by atoms with Crippen molar-refractivity contribution >= 4 is 29.1 Å². The molecule has 1 N–H and O–H groups in total. The van der Waals surface area contributed by atoms with Crippen LogP contribution in [0.3, 0.4) is 0 Å². The average Bonchev–Trinajstić information content (AvgIpc) is 2.59. The molecular formula is C20H27ClN2O2. The highest BCUT2D eigenvalue weighted by Crippen LogP contribution is 2.26. The Hall–Kier alpha value is -1.81. The summed E-state index contributed by atoms with van der Waals surface area (Å²) < 4.78 is 0. The van der Waals surface area contributed by atoms with Gasteiger partial charge in [-0.15, -0.1) is 0 Å². The molecule has 0 aliphatic heterocycles. The van der Waals surface area contributed by atoms with Gasteiger partial charge >= 0.3 is 0 Å². The summed E-state index contributed by atoms with van der Waals surface area (Å²) in [7, 11) is 0. The van der Waals surface area contributed by atoms with Crippen molar-refractivity contribution < 1.29 is 9.59 Å². The molecule has 0 aromatic heterocycles. The first-order valence-electron chi connectivity index (χ1n) is 8.97. The van der Waals surface area contributed by atoms with E-state index in [2.05, 4.69) is 11.4 Å². The van der Waals surface area contributed by atoms with Crippen LogP contribution in [0.1, 0.15) is 51.0 Å². The monoisotopic (exact) mass is 362 g/mol. The van der Waals surface area contributed by atoms with Gasteiger partial charge in [-0.05, 0) is 56.7 Å². The van der Waals surface area contributed by atoms with Crippen molar-refractivity contribution in [3.63, 3.8) is 0 Å². The van der Waals surface area contributed by atoms with Crippen molar-refractivity contribution in [1.29, 1.82) is 0 Å². The van der Waals surface area contributed by atoms with E-state index >= 15 is 0 Å². The molecular weight excluding hydrogens is 336 g/mol. The van der Waals surface area contributed by atoms with E-state index in [9.17, 15) is 9.59 Å². The van der Waals surface area contributed by atoms with Gasteiger partial charge in [0, 0.05) is 37.1 Å². The number of nitrogens with zero attached hydrogens (tertiary/aromatic N) is 1. The second-order valence-corrected chi connectivity index (χ2v) is 6.92. The van der Waals surface area contributed by atoms with Crippen molar-refractivity contribution in [2.24, 2.45) is 0 Å². The van der Waals surface area contributed by atoms with Gasteiger partial charge in [-0.3, -0.25) is 9.59 Å². The van der Waals surface area contributed by atoms with Crippen LogP contribution in [0.25, 0.3) is 0 Å². The summed E-state index contributed by atoms with van der Waals surface area (Å²) >= 11 is 6.15. The number of benzene rings is 1. The summed E-state index contributed by atoms with van der Waals surface area (Å²) in [6.07, 6.45) is 8.36. The largest absolute Gasteiger partial charge is 0.356 e. The van der Waals surface area contributed by atoms with Crippen LogP contribution in [0.2, 0.25) is 5.02 Å². The minimum absolute atomic E-state index is 0.0256. The fourth-order valence-corrected chi connectivity index (χ4v) is 3.30. The zero-order valence-electron chi connectivity index (χ0n) is 15.1. The molecule has 1 aromatic rings. The van der Waals surface area contributed by atoms with E-state index in [1.54, 1.807) is 11.0 Å². The third-order valence-electron chi connectivity index (χ3n) is 4.63. The first-order valence-corrected chi connectivity index (χ1v) is 9.34. The van der Waals surface area contributed by atoms with Gasteiger partial charge in [0.15, 0.2) is 0 Å². The molecule has 0 spiro atoms. The second-order valence-electron chi connectivity index (χ2n) is 6.51. The quantitative estimate of drug-likeness (QED) is 0.731. The first-order chi connectivity index (χ1) is 12.0. The van der Waals surface area contributed by atoms with Crippen LogP contribution in [0.15, 0.2) is 29.8 Å². The Labute approximate surface area is 155 Å². The lowest BCUT2D eigenvalue weighted by molar-refractivity contribution is -0.121. The number of carbonyl (C=O) groups is 2. The highest BCUT2D eigenvalue weighted by Gasteiger charge is 2.16. The van der Waals surface area contributed by atoms with Crippen LogP contribution >= 0.6 is 11.6 Å². The fraction of sp³-hybridized carbons (Fsp3) is 0.500. The average molecular weight is 363 g/mol.